The van der Waals surface area contributed by atoms with Crippen LogP contribution in [0.25, 0.3) is 0 Å². The fourth-order valence-electron chi connectivity index (χ4n) is 1.01. The number of carboxylic acid groups (broad SMARTS) is 1. The number of carbonyl (C=O) groups is 1. The largest absolute Gasteiger partial charge is 0.481 e. The Kier molecular flexibility index (Phi) is 1.69. The van der Waals surface area contributed by atoms with E-state index in [1.165, 1.54) is 0 Å². The van der Waals surface area contributed by atoms with Crippen LogP contribution in [0.4, 0.5) is 4.39 Å². The Morgan fingerprint density at radius 2 is 2.44 bits per heavy atom. The summed E-state index contributed by atoms with van der Waals surface area (Å²) in [5, 5.41) is 8.33. The molecule has 1 aliphatic rings. The van der Waals surface area contributed by atoms with Gasteiger partial charge < -0.3 is 5.11 Å². The van der Waals surface area contributed by atoms with Crippen LogP contribution in [0, 0.1) is 11.8 Å². The van der Waals surface area contributed by atoms with Gasteiger partial charge in [0.15, 0.2) is 0 Å². The molecule has 0 spiro atoms. The average molecular weight is 132 g/mol. The lowest BCUT2D eigenvalue weighted by Crippen LogP contribution is -1.99. The molecule has 0 aromatic heterocycles. The molecule has 1 rings (SSSR count). The van der Waals surface area contributed by atoms with E-state index in [0.717, 1.165) is 0 Å². The van der Waals surface area contributed by atoms with Crippen LogP contribution in [0.15, 0.2) is 0 Å². The summed E-state index contributed by atoms with van der Waals surface area (Å²) in [5.41, 5.74) is 0. The molecule has 0 aliphatic heterocycles. The Morgan fingerprint density at radius 1 is 1.78 bits per heavy atom. The lowest BCUT2D eigenvalue weighted by atomic mass is 10.2. The van der Waals surface area contributed by atoms with Crippen LogP contribution in [0.3, 0.4) is 0 Å². The zero-order valence-electron chi connectivity index (χ0n) is 5.01. The summed E-state index contributed by atoms with van der Waals surface area (Å²) >= 11 is 0. The summed E-state index contributed by atoms with van der Waals surface area (Å²) < 4.78 is 11.5. The summed E-state index contributed by atoms with van der Waals surface area (Å²) in [6, 6.07) is 0. The quantitative estimate of drug-likeness (QED) is 0.623. The summed E-state index contributed by atoms with van der Waals surface area (Å²) in [6.45, 7) is -0.381. The maximum Gasteiger partial charge on any atom is 0.306 e. The van der Waals surface area contributed by atoms with Gasteiger partial charge in [-0.3, -0.25) is 9.18 Å². The van der Waals surface area contributed by atoms with Crippen molar-refractivity contribution in [3.8, 4) is 0 Å². The third kappa shape index (κ3) is 1.40. The highest BCUT2D eigenvalue weighted by atomic mass is 19.1. The minimum Gasteiger partial charge on any atom is -0.481 e. The van der Waals surface area contributed by atoms with Crippen molar-refractivity contribution in [3.05, 3.63) is 0 Å². The highest BCUT2D eigenvalue weighted by Gasteiger charge is 2.42. The van der Waals surface area contributed by atoms with Crippen molar-refractivity contribution in [1.29, 1.82) is 0 Å². The van der Waals surface area contributed by atoms with E-state index < -0.39 is 5.97 Å². The topological polar surface area (TPSA) is 37.3 Å². The smallest absolute Gasteiger partial charge is 0.306 e. The number of aliphatic carboxylic acids is 1. The molecular formula is C6H9FO2. The van der Waals surface area contributed by atoms with E-state index in [9.17, 15) is 9.18 Å². The van der Waals surface area contributed by atoms with Crippen LogP contribution >= 0.6 is 0 Å². The predicted molar refractivity (Wildman–Crippen MR) is 29.8 cm³/mol. The first-order valence-corrected chi connectivity index (χ1v) is 3.04. The molecule has 1 N–H and O–H groups in total. The minimum absolute atomic E-state index is 0.132. The number of rotatable bonds is 3. The number of carboxylic acids is 1. The van der Waals surface area contributed by atoms with E-state index in [0.29, 0.717) is 12.8 Å². The maximum absolute atomic E-state index is 11.5. The summed E-state index contributed by atoms with van der Waals surface area (Å²) in [6.07, 6.45) is 1.11. The zero-order chi connectivity index (χ0) is 6.85. The predicted octanol–water partition coefficient (Wildman–Crippen LogP) is 1.07. The van der Waals surface area contributed by atoms with Crippen LogP contribution in [-0.4, -0.2) is 17.8 Å². The molecular weight excluding hydrogens is 123 g/mol. The van der Waals surface area contributed by atoms with Crippen LogP contribution < -0.4 is 0 Å². The van der Waals surface area contributed by atoms with E-state index in [1.807, 2.05) is 0 Å². The van der Waals surface area contributed by atoms with Gasteiger partial charge in [0.1, 0.15) is 0 Å². The molecule has 0 aromatic rings. The van der Waals surface area contributed by atoms with E-state index in [1.54, 1.807) is 0 Å². The van der Waals surface area contributed by atoms with Crippen molar-refractivity contribution < 1.29 is 14.3 Å². The van der Waals surface area contributed by atoms with Gasteiger partial charge in [-0.1, -0.05) is 0 Å². The summed E-state index contributed by atoms with van der Waals surface area (Å²) in [5.74, 6) is -0.873. The molecule has 9 heavy (non-hydrogen) atoms. The molecule has 0 unspecified atom stereocenters. The van der Waals surface area contributed by atoms with Gasteiger partial charge in [0, 0.05) is 0 Å². The van der Waals surface area contributed by atoms with Gasteiger partial charge in [0.2, 0.25) is 0 Å². The molecule has 0 radical (unpaired) electrons. The molecule has 0 saturated heterocycles. The minimum atomic E-state index is -0.770. The van der Waals surface area contributed by atoms with E-state index in [-0.39, 0.29) is 18.5 Å². The third-order valence-corrected chi connectivity index (χ3v) is 1.72. The number of alkyl halides is 1. The Bertz CT molecular complexity index is 124. The van der Waals surface area contributed by atoms with Crippen molar-refractivity contribution in [3.63, 3.8) is 0 Å². The van der Waals surface area contributed by atoms with Crippen molar-refractivity contribution in [2.24, 2.45) is 11.8 Å². The molecule has 0 bridgehead atoms. The number of hydrogen-bond donors (Lipinski definition) is 1. The molecule has 1 fully saturated rings. The van der Waals surface area contributed by atoms with Gasteiger partial charge in [0.05, 0.1) is 12.6 Å². The van der Waals surface area contributed by atoms with Gasteiger partial charge in [-0.2, -0.15) is 0 Å². The first kappa shape index (κ1) is 6.52. The Morgan fingerprint density at radius 3 is 2.78 bits per heavy atom. The first-order valence-electron chi connectivity index (χ1n) is 3.04. The van der Waals surface area contributed by atoms with Crippen LogP contribution in [0.1, 0.15) is 12.8 Å². The first-order chi connectivity index (χ1) is 4.25. The Hall–Kier alpha value is -0.600. The fraction of sp³-hybridized carbons (Fsp3) is 0.833. The second-order valence-electron chi connectivity index (χ2n) is 2.42. The number of halogens is 1. The van der Waals surface area contributed by atoms with Gasteiger partial charge in [-0.05, 0) is 18.8 Å². The lowest BCUT2D eigenvalue weighted by Gasteiger charge is -1.87. The monoisotopic (exact) mass is 132 g/mol. The van der Waals surface area contributed by atoms with E-state index >= 15 is 0 Å². The zero-order valence-corrected chi connectivity index (χ0v) is 5.01. The highest BCUT2D eigenvalue weighted by molar-refractivity contribution is 5.73. The second kappa shape index (κ2) is 2.33. The molecule has 1 saturated carbocycles. The molecule has 1 aliphatic carbocycles. The number of hydrogen-bond acceptors (Lipinski definition) is 1. The SMILES string of the molecule is O=C(O)[C@@H]1C[C@H]1CCF. The maximum atomic E-state index is 11.5. The Balaban J connectivity index is 2.17. The average Bonchev–Trinajstić information content (AvgIpc) is 2.47. The standard InChI is InChI=1S/C6H9FO2/c7-2-1-4-3-5(4)6(8)9/h4-5H,1-3H2,(H,8,9)/t4-,5-/m1/s1. The van der Waals surface area contributed by atoms with Gasteiger partial charge in [0.25, 0.3) is 0 Å². The summed E-state index contributed by atoms with van der Waals surface area (Å²) in [7, 11) is 0. The normalized spacial score (nSPS) is 32.1. The van der Waals surface area contributed by atoms with Crippen LogP contribution in [-0.2, 0) is 4.79 Å². The van der Waals surface area contributed by atoms with Crippen molar-refractivity contribution in [2.45, 2.75) is 12.8 Å². The van der Waals surface area contributed by atoms with E-state index in [4.69, 9.17) is 5.11 Å². The van der Waals surface area contributed by atoms with Crippen molar-refractivity contribution in [1.82, 2.24) is 0 Å². The van der Waals surface area contributed by atoms with E-state index in [2.05, 4.69) is 0 Å². The van der Waals surface area contributed by atoms with Crippen LogP contribution in [0.2, 0.25) is 0 Å². The van der Waals surface area contributed by atoms with Gasteiger partial charge in [-0.25, -0.2) is 0 Å². The fourth-order valence-corrected chi connectivity index (χ4v) is 1.01. The molecule has 0 aromatic carbocycles. The molecule has 0 amide bonds. The third-order valence-electron chi connectivity index (χ3n) is 1.72. The highest BCUT2D eigenvalue weighted by Crippen LogP contribution is 2.41. The lowest BCUT2D eigenvalue weighted by molar-refractivity contribution is -0.138. The van der Waals surface area contributed by atoms with Gasteiger partial charge in [-0.15, -0.1) is 0 Å². The van der Waals surface area contributed by atoms with Crippen molar-refractivity contribution in [2.75, 3.05) is 6.67 Å². The Labute approximate surface area is 52.7 Å². The molecule has 2 atom stereocenters. The second-order valence-corrected chi connectivity index (χ2v) is 2.42. The molecule has 3 heteroatoms. The molecule has 0 heterocycles. The van der Waals surface area contributed by atoms with Gasteiger partial charge >= 0.3 is 5.97 Å². The van der Waals surface area contributed by atoms with Crippen molar-refractivity contribution >= 4 is 5.97 Å². The molecule has 2 nitrogen and oxygen atoms in total. The molecule has 52 valence electrons. The summed E-state index contributed by atoms with van der Waals surface area (Å²) in [4.78, 5) is 10.1. The van der Waals surface area contributed by atoms with Crippen LogP contribution in [0.5, 0.6) is 0 Å².